The van der Waals surface area contributed by atoms with E-state index in [1.54, 1.807) is 24.4 Å². The van der Waals surface area contributed by atoms with Gasteiger partial charge in [0.1, 0.15) is 5.75 Å². The second-order valence-corrected chi connectivity index (χ2v) is 5.22. The molecule has 4 heteroatoms. The fourth-order valence-electron chi connectivity index (χ4n) is 2.70. The van der Waals surface area contributed by atoms with E-state index in [4.69, 9.17) is 11.6 Å². The van der Waals surface area contributed by atoms with Gasteiger partial charge in [-0.05, 0) is 31.0 Å². The minimum Gasteiger partial charge on any atom is -0.507 e. The summed E-state index contributed by atoms with van der Waals surface area (Å²) in [6.45, 7) is 0. The molecule has 0 aliphatic heterocycles. The topological polar surface area (TPSA) is 38.1 Å². The quantitative estimate of drug-likeness (QED) is 0.888. The van der Waals surface area contributed by atoms with E-state index < -0.39 is 0 Å². The highest BCUT2D eigenvalue weighted by molar-refractivity contribution is 6.30. The number of benzene rings is 1. The summed E-state index contributed by atoms with van der Waals surface area (Å²) in [5.41, 5.74) is 1.70. The first-order valence-corrected chi connectivity index (χ1v) is 6.64. The third kappa shape index (κ3) is 1.99. The monoisotopic (exact) mass is 262 g/mol. The lowest BCUT2D eigenvalue weighted by Gasteiger charge is -2.15. The molecule has 0 atom stereocenters. The number of phenols is 1. The van der Waals surface area contributed by atoms with E-state index in [0.717, 1.165) is 11.3 Å². The Morgan fingerprint density at radius 2 is 2.06 bits per heavy atom. The van der Waals surface area contributed by atoms with Crippen molar-refractivity contribution in [3.63, 3.8) is 0 Å². The first-order valence-electron chi connectivity index (χ1n) is 6.26. The number of imidazole rings is 1. The van der Waals surface area contributed by atoms with Crippen LogP contribution in [0.1, 0.15) is 31.7 Å². The Kier molecular flexibility index (Phi) is 3.00. The molecular weight excluding hydrogens is 248 g/mol. The van der Waals surface area contributed by atoms with Crippen molar-refractivity contribution in [3.8, 4) is 17.0 Å². The molecule has 1 aliphatic carbocycles. The van der Waals surface area contributed by atoms with Crippen molar-refractivity contribution < 1.29 is 5.11 Å². The molecule has 1 fully saturated rings. The van der Waals surface area contributed by atoms with Gasteiger partial charge < -0.3 is 9.67 Å². The zero-order valence-electron chi connectivity index (χ0n) is 10.0. The number of hydrogen-bond donors (Lipinski definition) is 1. The van der Waals surface area contributed by atoms with Gasteiger partial charge in [0.05, 0.1) is 18.2 Å². The minimum atomic E-state index is 0.249. The van der Waals surface area contributed by atoms with Gasteiger partial charge in [0.25, 0.3) is 0 Å². The van der Waals surface area contributed by atoms with Crippen LogP contribution in [0, 0.1) is 0 Å². The minimum absolute atomic E-state index is 0.249. The van der Waals surface area contributed by atoms with E-state index in [-0.39, 0.29) is 5.75 Å². The van der Waals surface area contributed by atoms with Gasteiger partial charge >= 0.3 is 0 Å². The van der Waals surface area contributed by atoms with Gasteiger partial charge in [0, 0.05) is 16.6 Å². The molecule has 1 heterocycles. The van der Waals surface area contributed by atoms with Crippen molar-refractivity contribution in [3.05, 3.63) is 35.7 Å². The van der Waals surface area contributed by atoms with Crippen molar-refractivity contribution in [2.45, 2.75) is 31.7 Å². The van der Waals surface area contributed by atoms with E-state index in [9.17, 15) is 5.11 Å². The fourth-order valence-corrected chi connectivity index (χ4v) is 2.87. The zero-order valence-corrected chi connectivity index (χ0v) is 10.8. The van der Waals surface area contributed by atoms with Crippen LogP contribution in [-0.4, -0.2) is 14.7 Å². The molecule has 94 valence electrons. The molecule has 0 bridgehead atoms. The lowest BCUT2D eigenvalue weighted by Crippen LogP contribution is -2.04. The molecule has 0 radical (unpaired) electrons. The first kappa shape index (κ1) is 11.6. The Balaban J connectivity index is 2.06. The fraction of sp³-hybridized carbons (Fsp3) is 0.357. The predicted octanol–water partition coefficient (Wildman–Crippen LogP) is 4.02. The highest BCUT2D eigenvalue weighted by atomic mass is 35.5. The van der Waals surface area contributed by atoms with Gasteiger partial charge in [-0.2, -0.15) is 0 Å². The molecule has 2 aromatic rings. The first-order chi connectivity index (χ1) is 8.75. The Bertz CT molecular complexity index is 559. The van der Waals surface area contributed by atoms with Gasteiger partial charge in [-0.25, -0.2) is 4.98 Å². The van der Waals surface area contributed by atoms with Crippen LogP contribution in [0.25, 0.3) is 11.3 Å². The zero-order chi connectivity index (χ0) is 12.5. The van der Waals surface area contributed by atoms with Crippen molar-refractivity contribution in [2.24, 2.45) is 0 Å². The Morgan fingerprint density at radius 3 is 2.83 bits per heavy atom. The predicted molar refractivity (Wildman–Crippen MR) is 71.8 cm³/mol. The maximum atomic E-state index is 9.97. The molecule has 1 saturated carbocycles. The highest BCUT2D eigenvalue weighted by Crippen LogP contribution is 2.37. The van der Waals surface area contributed by atoms with E-state index in [0.29, 0.717) is 11.1 Å². The third-order valence-electron chi connectivity index (χ3n) is 3.62. The summed E-state index contributed by atoms with van der Waals surface area (Å²) in [4.78, 5) is 4.22. The maximum Gasteiger partial charge on any atom is 0.125 e. The van der Waals surface area contributed by atoms with Gasteiger partial charge in [-0.15, -0.1) is 0 Å². The Labute approximate surface area is 111 Å². The summed E-state index contributed by atoms with van der Waals surface area (Å²) >= 11 is 6.00. The number of rotatable bonds is 2. The van der Waals surface area contributed by atoms with Gasteiger partial charge in [0.15, 0.2) is 0 Å². The van der Waals surface area contributed by atoms with Gasteiger partial charge in [0.2, 0.25) is 0 Å². The number of nitrogens with zero attached hydrogens (tertiary/aromatic N) is 2. The van der Waals surface area contributed by atoms with Crippen LogP contribution in [-0.2, 0) is 0 Å². The summed E-state index contributed by atoms with van der Waals surface area (Å²) in [5.74, 6) is 0.249. The van der Waals surface area contributed by atoms with Crippen LogP contribution in [0.3, 0.4) is 0 Å². The molecule has 1 aromatic carbocycles. The van der Waals surface area contributed by atoms with Gasteiger partial charge in [-0.1, -0.05) is 24.4 Å². The van der Waals surface area contributed by atoms with Crippen LogP contribution in [0.5, 0.6) is 5.75 Å². The average molecular weight is 263 g/mol. The Hall–Kier alpha value is -1.48. The summed E-state index contributed by atoms with van der Waals surface area (Å²) in [5, 5.41) is 10.6. The summed E-state index contributed by atoms with van der Waals surface area (Å²) in [7, 11) is 0. The van der Waals surface area contributed by atoms with E-state index in [1.807, 2.05) is 6.33 Å². The van der Waals surface area contributed by atoms with Crippen LogP contribution < -0.4 is 0 Å². The van der Waals surface area contributed by atoms with Crippen molar-refractivity contribution in [1.29, 1.82) is 0 Å². The lowest BCUT2D eigenvalue weighted by atomic mass is 10.1. The molecule has 0 saturated heterocycles. The number of aromatic hydroxyl groups is 1. The molecule has 3 rings (SSSR count). The molecule has 0 unspecified atom stereocenters. The van der Waals surface area contributed by atoms with E-state index in [1.165, 1.54) is 25.7 Å². The normalized spacial score (nSPS) is 16.3. The molecule has 18 heavy (non-hydrogen) atoms. The molecule has 1 aliphatic rings. The molecule has 1 aromatic heterocycles. The Morgan fingerprint density at radius 1 is 1.28 bits per heavy atom. The van der Waals surface area contributed by atoms with Crippen LogP contribution in [0.15, 0.2) is 30.7 Å². The SMILES string of the molecule is Oc1ccc(Cl)cc1-c1cncn1C1CCCC1. The lowest BCUT2D eigenvalue weighted by molar-refractivity contribution is 0.474. The summed E-state index contributed by atoms with van der Waals surface area (Å²) in [6.07, 6.45) is 8.55. The van der Waals surface area contributed by atoms with E-state index >= 15 is 0 Å². The van der Waals surface area contributed by atoms with E-state index in [2.05, 4.69) is 9.55 Å². The average Bonchev–Trinajstić information content (AvgIpc) is 3.00. The largest absolute Gasteiger partial charge is 0.507 e. The number of phenolic OH excluding ortho intramolecular Hbond substituents is 1. The molecular formula is C14H15ClN2O. The summed E-state index contributed by atoms with van der Waals surface area (Å²) in [6, 6.07) is 5.61. The number of halogens is 1. The van der Waals surface area contributed by atoms with Crippen LogP contribution in [0.4, 0.5) is 0 Å². The second-order valence-electron chi connectivity index (χ2n) is 4.79. The second kappa shape index (κ2) is 4.65. The van der Waals surface area contributed by atoms with Crippen molar-refractivity contribution in [1.82, 2.24) is 9.55 Å². The number of hydrogen-bond acceptors (Lipinski definition) is 2. The smallest absolute Gasteiger partial charge is 0.125 e. The van der Waals surface area contributed by atoms with Crippen molar-refractivity contribution >= 4 is 11.6 Å². The van der Waals surface area contributed by atoms with Gasteiger partial charge in [-0.3, -0.25) is 0 Å². The standard InChI is InChI=1S/C14H15ClN2O/c15-10-5-6-14(18)12(7-10)13-8-16-9-17(13)11-3-1-2-4-11/h5-9,11,18H,1-4H2. The highest BCUT2D eigenvalue weighted by Gasteiger charge is 2.20. The molecule has 1 N–H and O–H groups in total. The molecule has 0 amide bonds. The van der Waals surface area contributed by atoms with Crippen LogP contribution >= 0.6 is 11.6 Å². The molecule has 0 spiro atoms. The number of aromatic nitrogens is 2. The van der Waals surface area contributed by atoms with Crippen LogP contribution in [0.2, 0.25) is 5.02 Å². The van der Waals surface area contributed by atoms with Crippen molar-refractivity contribution in [2.75, 3.05) is 0 Å². The third-order valence-corrected chi connectivity index (χ3v) is 3.85. The maximum absolute atomic E-state index is 9.97. The molecule has 3 nitrogen and oxygen atoms in total. The summed E-state index contributed by atoms with van der Waals surface area (Å²) < 4.78 is 2.17.